The minimum Gasteiger partial charge on any atom is -0.456 e. The van der Waals surface area contributed by atoms with Crippen molar-refractivity contribution in [3.63, 3.8) is 0 Å². The molecule has 0 amide bonds. The van der Waals surface area contributed by atoms with Gasteiger partial charge in [0.1, 0.15) is 22.3 Å². The number of hydrogen-bond donors (Lipinski definition) is 0. The molecule has 0 spiro atoms. The fraction of sp³-hybridized carbons (Fsp3) is 0. The first-order chi connectivity index (χ1) is 25.9. The van der Waals surface area contributed by atoms with Gasteiger partial charge in [-0.2, -0.15) is 0 Å². The molecule has 202 valence electrons. The molecule has 43 heavy (non-hydrogen) atoms. The van der Waals surface area contributed by atoms with E-state index in [2.05, 4.69) is 0 Å². The summed E-state index contributed by atoms with van der Waals surface area (Å²) < 4.78 is 110. The standard InChI is InChI=1S/C40H25NO2/c1-2-10-29(11-3-1)41(35-14-8-16-37-39(35)34-24-19-27-9-4-5-12-31(27)40(34)43-37)30-21-17-26(18-22-30)28-20-23-33-32-13-6-7-15-36(32)42-38(33)25-28/h1-25H/i6D,7D,13D,15D,17D,18D,20D,21D,22D,23D,25D. The van der Waals surface area contributed by atoms with Gasteiger partial charge in [0.25, 0.3) is 0 Å². The third kappa shape index (κ3) is 3.75. The molecule has 0 N–H and O–H groups in total. The number of benzene rings is 7. The molecule has 2 aromatic heterocycles. The first kappa shape index (κ1) is 15.4. The van der Waals surface area contributed by atoms with Crippen LogP contribution in [-0.2, 0) is 0 Å². The lowest BCUT2D eigenvalue weighted by molar-refractivity contribution is 0.669. The third-order valence-electron chi connectivity index (χ3n) is 7.59. The first-order valence-electron chi connectivity index (χ1n) is 19.1. The Morgan fingerprint density at radius 1 is 0.488 bits per heavy atom. The summed E-state index contributed by atoms with van der Waals surface area (Å²) in [6.45, 7) is 0. The highest BCUT2D eigenvalue weighted by atomic mass is 16.3. The second-order valence-corrected chi connectivity index (χ2v) is 10.1. The first-order valence-corrected chi connectivity index (χ1v) is 13.6. The van der Waals surface area contributed by atoms with E-state index in [0.717, 1.165) is 16.2 Å². The summed E-state index contributed by atoms with van der Waals surface area (Å²) in [7, 11) is 0. The van der Waals surface area contributed by atoms with Crippen molar-refractivity contribution in [2.24, 2.45) is 0 Å². The molecular weight excluding hydrogens is 526 g/mol. The second-order valence-electron chi connectivity index (χ2n) is 10.1. The van der Waals surface area contributed by atoms with Crippen molar-refractivity contribution in [3.05, 3.63) is 151 Å². The summed E-state index contributed by atoms with van der Waals surface area (Å²) in [5.74, 6) is 0. The number of nitrogens with zero attached hydrogens (tertiary/aromatic N) is 1. The lowest BCUT2D eigenvalue weighted by Crippen LogP contribution is -2.10. The summed E-state index contributed by atoms with van der Waals surface area (Å²) in [4.78, 5) is 1.64. The van der Waals surface area contributed by atoms with E-state index in [-0.39, 0.29) is 27.6 Å². The van der Waals surface area contributed by atoms with Gasteiger partial charge in [0.15, 0.2) is 0 Å². The van der Waals surface area contributed by atoms with Crippen molar-refractivity contribution in [1.82, 2.24) is 0 Å². The molecule has 0 atom stereocenters. The lowest BCUT2D eigenvalue weighted by Gasteiger charge is -2.26. The molecule has 0 fully saturated rings. The highest BCUT2D eigenvalue weighted by molar-refractivity contribution is 6.19. The minimum absolute atomic E-state index is 0.0970. The molecule has 9 rings (SSSR count). The molecular formula is C40H25NO2. The zero-order chi connectivity index (χ0) is 37.9. The van der Waals surface area contributed by atoms with E-state index in [1.165, 1.54) is 0 Å². The summed E-state index contributed by atoms with van der Waals surface area (Å²) in [5.41, 5.74) is 0.756. The Balaban J connectivity index is 1.33. The van der Waals surface area contributed by atoms with Gasteiger partial charge in [-0.3, -0.25) is 0 Å². The monoisotopic (exact) mass is 562 g/mol. The van der Waals surface area contributed by atoms with Crippen LogP contribution in [-0.4, -0.2) is 0 Å². The van der Waals surface area contributed by atoms with Crippen LogP contribution in [0.5, 0.6) is 0 Å². The molecule has 0 aliphatic rings. The number of anilines is 3. The molecule has 0 saturated heterocycles. The van der Waals surface area contributed by atoms with Gasteiger partial charge in [0, 0.05) is 32.9 Å². The number of furan rings is 2. The van der Waals surface area contributed by atoms with Crippen LogP contribution in [0.3, 0.4) is 0 Å². The summed E-state index contributed by atoms with van der Waals surface area (Å²) in [6.07, 6.45) is 0. The van der Waals surface area contributed by atoms with Gasteiger partial charge in [-0.1, -0.05) is 90.9 Å². The van der Waals surface area contributed by atoms with E-state index in [1.54, 1.807) is 35.2 Å². The molecule has 9 aromatic rings. The maximum atomic E-state index is 9.40. The van der Waals surface area contributed by atoms with Gasteiger partial charge < -0.3 is 13.7 Å². The predicted octanol–water partition coefficient (Wildman–Crippen LogP) is 11.8. The van der Waals surface area contributed by atoms with Crippen LogP contribution in [0.2, 0.25) is 0 Å². The Hall–Kier alpha value is -5.80. The molecule has 3 heteroatoms. The van der Waals surface area contributed by atoms with Crippen LogP contribution in [0.4, 0.5) is 17.1 Å². The smallest absolute Gasteiger partial charge is 0.143 e. The van der Waals surface area contributed by atoms with E-state index in [4.69, 9.17) is 18.4 Å². The Morgan fingerprint density at radius 2 is 1.28 bits per heavy atom. The van der Waals surface area contributed by atoms with Crippen molar-refractivity contribution >= 4 is 71.7 Å². The van der Waals surface area contributed by atoms with E-state index >= 15 is 0 Å². The summed E-state index contributed by atoms with van der Waals surface area (Å²) in [5, 5.41) is 3.04. The Bertz CT molecular complexity index is 3050. The number of rotatable bonds is 4. The third-order valence-corrected chi connectivity index (χ3v) is 7.59. The lowest BCUT2D eigenvalue weighted by atomic mass is 10.0. The van der Waals surface area contributed by atoms with Crippen molar-refractivity contribution in [2.75, 3.05) is 4.90 Å². The molecule has 0 saturated carbocycles. The predicted molar refractivity (Wildman–Crippen MR) is 179 cm³/mol. The topological polar surface area (TPSA) is 29.5 Å². The molecule has 0 aliphatic heterocycles. The largest absolute Gasteiger partial charge is 0.456 e. The van der Waals surface area contributed by atoms with Crippen molar-refractivity contribution in [2.45, 2.75) is 0 Å². The average Bonchev–Trinajstić information content (AvgIpc) is 3.78. The maximum Gasteiger partial charge on any atom is 0.143 e. The quantitative estimate of drug-likeness (QED) is 0.214. The zero-order valence-electron chi connectivity index (χ0n) is 33.3. The van der Waals surface area contributed by atoms with Gasteiger partial charge in [0.2, 0.25) is 0 Å². The van der Waals surface area contributed by atoms with Gasteiger partial charge in [0.05, 0.1) is 26.2 Å². The zero-order valence-corrected chi connectivity index (χ0v) is 22.3. The molecule has 3 nitrogen and oxygen atoms in total. The Morgan fingerprint density at radius 3 is 2.19 bits per heavy atom. The van der Waals surface area contributed by atoms with E-state index in [9.17, 15) is 5.48 Å². The molecule has 2 heterocycles. The molecule has 0 unspecified atom stereocenters. The van der Waals surface area contributed by atoms with Crippen LogP contribution in [0.1, 0.15) is 15.1 Å². The van der Waals surface area contributed by atoms with Gasteiger partial charge in [-0.25, -0.2) is 0 Å². The van der Waals surface area contributed by atoms with Gasteiger partial charge in [-0.05, 0) is 77.1 Å². The number of fused-ring (bicyclic) bond motifs is 8. The van der Waals surface area contributed by atoms with Gasteiger partial charge >= 0.3 is 0 Å². The number of hydrogen-bond acceptors (Lipinski definition) is 3. The van der Waals surface area contributed by atoms with Crippen molar-refractivity contribution < 1.29 is 23.9 Å². The number of para-hydroxylation sites is 2. The van der Waals surface area contributed by atoms with Crippen LogP contribution >= 0.6 is 0 Å². The second kappa shape index (κ2) is 9.37. The van der Waals surface area contributed by atoms with E-state index < -0.39 is 77.6 Å². The summed E-state index contributed by atoms with van der Waals surface area (Å²) >= 11 is 0. The van der Waals surface area contributed by atoms with Crippen LogP contribution in [0.25, 0.3) is 65.8 Å². The highest BCUT2D eigenvalue weighted by Gasteiger charge is 2.20. The normalized spacial score (nSPS) is 15.3. The fourth-order valence-corrected chi connectivity index (χ4v) is 5.65. The molecule has 0 bridgehead atoms. The molecule has 0 aliphatic carbocycles. The molecule has 7 aromatic carbocycles. The van der Waals surface area contributed by atoms with Crippen LogP contribution in [0.15, 0.2) is 160 Å². The SMILES string of the molecule is [2H]c1c([2H])c(N(c2ccccc2)c2cccc3oc4c5ccccc5ccc4c23)c([2H])c([2H])c1-c1c([2H])c([2H])c2c(oc3c([2H])c([2H])c([2H])c([2H])c32)c1[2H]. The van der Waals surface area contributed by atoms with E-state index in [0.29, 0.717) is 27.9 Å². The summed E-state index contributed by atoms with van der Waals surface area (Å²) in [6, 6.07) is 20.3. The van der Waals surface area contributed by atoms with Crippen molar-refractivity contribution in [3.8, 4) is 11.1 Å². The highest BCUT2D eigenvalue weighted by Crippen LogP contribution is 2.44. The van der Waals surface area contributed by atoms with Crippen LogP contribution in [0, 0.1) is 0 Å². The van der Waals surface area contributed by atoms with Gasteiger partial charge in [-0.15, -0.1) is 0 Å². The molecule has 0 radical (unpaired) electrons. The van der Waals surface area contributed by atoms with E-state index in [1.807, 2.05) is 54.6 Å². The van der Waals surface area contributed by atoms with Crippen molar-refractivity contribution in [1.29, 1.82) is 0 Å². The Kier molecular flexibility index (Phi) is 3.36. The fourth-order valence-electron chi connectivity index (χ4n) is 5.65. The minimum atomic E-state index is -0.613. The average molecular weight is 563 g/mol. The van der Waals surface area contributed by atoms with Crippen LogP contribution < -0.4 is 4.90 Å². The Labute approximate surface area is 263 Å². The maximum absolute atomic E-state index is 9.40.